The van der Waals surface area contributed by atoms with Crippen LogP contribution in [0.2, 0.25) is 5.02 Å². The van der Waals surface area contributed by atoms with Gasteiger partial charge in [-0.2, -0.15) is 0 Å². The lowest BCUT2D eigenvalue weighted by atomic mass is 9.89. The van der Waals surface area contributed by atoms with Crippen LogP contribution in [0.1, 0.15) is 25.3 Å². The van der Waals surface area contributed by atoms with Gasteiger partial charge >= 0.3 is 0 Å². The highest BCUT2D eigenvalue weighted by Crippen LogP contribution is 2.26. The monoisotopic (exact) mass is 368 g/mol. The SMILES string of the molecule is C[C@@H](C1CCN(C(=O)Cc2c(F)cccc2Cl)CC1)N1CCOCC1. The molecule has 1 atom stereocenters. The number of carbonyl (C=O) groups excluding carboxylic acids is 1. The van der Waals surface area contributed by atoms with Crippen LogP contribution in [-0.2, 0) is 16.0 Å². The Hall–Kier alpha value is -1.17. The van der Waals surface area contributed by atoms with Gasteiger partial charge in [0, 0.05) is 42.8 Å². The van der Waals surface area contributed by atoms with Crippen molar-refractivity contribution in [2.24, 2.45) is 5.92 Å². The first-order chi connectivity index (χ1) is 12.1. The molecule has 2 heterocycles. The van der Waals surface area contributed by atoms with Gasteiger partial charge in [0.15, 0.2) is 0 Å². The van der Waals surface area contributed by atoms with Crippen LogP contribution in [0.3, 0.4) is 0 Å². The van der Waals surface area contributed by atoms with Crippen LogP contribution in [-0.4, -0.2) is 61.1 Å². The van der Waals surface area contributed by atoms with Gasteiger partial charge in [-0.05, 0) is 37.8 Å². The van der Waals surface area contributed by atoms with E-state index in [0.29, 0.717) is 22.5 Å². The summed E-state index contributed by atoms with van der Waals surface area (Å²) in [5, 5.41) is 0.323. The Morgan fingerprint density at radius 1 is 1.28 bits per heavy atom. The molecule has 0 unspecified atom stereocenters. The zero-order valence-electron chi connectivity index (χ0n) is 14.7. The van der Waals surface area contributed by atoms with E-state index < -0.39 is 5.82 Å². The van der Waals surface area contributed by atoms with Gasteiger partial charge < -0.3 is 9.64 Å². The molecule has 3 rings (SSSR count). The molecular formula is C19H26ClFN2O2. The van der Waals surface area contributed by atoms with Crippen molar-refractivity contribution in [3.8, 4) is 0 Å². The fourth-order valence-corrected chi connectivity index (χ4v) is 4.11. The zero-order chi connectivity index (χ0) is 17.8. The number of halogens is 2. The highest BCUT2D eigenvalue weighted by molar-refractivity contribution is 6.31. The molecule has 2 saturated heterocycles. The molecule has 2 fully saturated rings. The van der Waals surface area contributed by atoms with Crippen molar-refractivity contribution in [2.45, 2.75) is 32.2 Å². The first-order valence-corrected chi connectivity index (χ1v) is 9.46. The molecule has 0 bridgehead atoms. The maximum absolute atomic E-state index is 13.9. The van der Waals surface area contributed by atoms with Crippen molar-refractivity contribution in [2.75, 3.05) is 39.4 Å². The average molecular weight is 369 g/mol. The van der Waals surface area contributed by atoms with E-state index in [-0.39, 0.29) is 12.3 Å². The highest BCUT2D eigenvalue weighted by atomic mass is 35.5. The van der Waals surface area contributed by atoms with Crippen molar-refractivity contribution in [3.05, 3.63) is 34.6 Å². The molecule has 138 valence electrons. The number of likely N-dealkylation sites (tertiary alicyclic amines) is 1. The summed E-state index contributed by atoms with van der Waals surface area (Å²) in [6.45, 7) is 7.37. The second-order valence-electron chi connectivity index (χ2n) is 6.98. The van der Waals surface area contributed by atoms with Crippen molar-refractivity contribution in [1.29, 1.82) is 0 Å². The summed E-state index contributed by atoms with van der Waals surface area (Å²) in [6, 6.07) is 5.06. The molecule has 0 aromatic heterocycles. The number of ether oxygens (including phenoxy) is 1. The van der Waals surface area contributed by atoms with Crippen LogP contribution in [0, 0.1) is 11.7 Å². The zero-order valence-corrected chi connectivity index (χ0v) is 15.5. The topological polar surface area (TPSA) is 32.8 Å². The maximum Gasteiger partial charge on any atom is 0.227 e. The van der Waals surface area contributed by atoms with Gasteiger partial charge in [-0.1, -0.05) is 17.7 Å². The van der Waals surface area contributed by atoms with Gasteiger partial charge in [0.05, 0.1) is 19.6 Å². The van der Waals surface area contributed by atoms with E-state index in [1.807, 2.05) is 4.90 Å². The van der Waals surface area contributed by atoms with E-state index in [1.54, 1.807) is 12.1 Å². The van der Waals surface area contributed by atoms with E-state index in [9.17, 15) is 9.18 Å². The third kappa shape index (κ3) is 4.52. The van der Waals surface area contributed by atoms with Gasteiger partial charge in [-0.15, -0.1) is 0 Å². The minimum absolute atomic E-state index is 0.0369. The van der Waals surface area contributed by atoms with E-state index in [1.165, 1.54) is 6.07 Å². The first-order valence-electron chi connectivity index (χ1n) is 9.08. The number of morpholine rings is 1. The Bertz CT molecular complexity index is 579. The highest BCUT2D eigenvalue weighted by Gasteiger charge is 2.30. The smallest absolute Gasteiger partial charge is 0.227 e. The Morgan fingerprint density at radius 2 is 1.96 bits per heavy atom. The number of piperidine rings is 1. The summed E-state index contributed by atoms with van der Waals surface area (Å²) in [7, 11) is 0. The summed E-state index contributed by atoms with van der Waals surface area (Å²) < 4.78 is 19.3. The first kappa shape index (κ1) is 18.6. The third-order valence-electron chi connectivity index (χ3n) is 5.59. The number of hydrogen-bond acceptors (Lipinski definition) is 3. The Labute approximate surface area is 153 Å². The van der Waals surface area contributed by atoms with Crippen LogP contribution < -0.4 is 0 Å². The third-order valence-corrected chi connectivity index (χ3v) is 5.94. The predicted octanol–water partition coefficient (Wildman–Crippen LogP) is 2.98. The summed E-state index contributed by atoms with van der Waals surface area (Å²) in [6.07, 6.45) is 2.03. The normalized spacial score (nSPS) is 21.3. The number of carbonyl (C=O) groups is 1. The van der Waals surface area contributed by atoms with Gasteiger partial charge in [-0.3, -0.25) is 9.69 Å². The molecule has 1 aromatic carbocycles. The lowest BCUT2D eigenvalue weighted by Gasteiger charge is -2.41. The summed E-state index contributed by atoms with van der Waals surface area (Å²) in [5.74, 6) is 0.153. The van der Waals surface area contributed by atoms with Gasteiger partial charge in [0.2, 0.25) is 5.91 Å². The van der Waals surface area contributed by atoms with Gasteiger partial charge in [-0.25, -0.2) is 4.39 Å². The fourth-order valence-electron chi connectivity index (χ4n) is 3.88. The van der Waals surface area contributed by atoms with E-state index >= 15 is 0 Å². The lowest BCUT2D eigenvalue weighted by molar-refractivity contribution is -0.132. The molecule has 0 aliphatic carbocycles. The second kappa shape index (κ2) is 8.47. The number of benzene rings is 1. The van der Waals surface area contributed by atoms with Crippen LogP contribution >= 0.6 is 11.6 Å². The summed E-state index contributed by atoms with van der Waals surface area (Å²) >= 11 is 6.04. The predicted molar refractivity (Wildman–Crippen MR) is 96.3 cm³/mol. The van der Waals surface area contributed by atoms with Crippen LogP contribution in [0.4, 0.5) is 4.39 Å². The molecule has 4 nitrogen and oxygen atoms in total. The number of amides is 1. The quantitative estimate of drug-likeness (QED) is 0.819. The number of hydrogen-bond donors (Lipinski definition) is 0. The van der Waals surface area contributed by atoms with Gasteiger partial charge in [0.25, 0.3) is 0 Å². The average Bonchev–Trinajstić information content (AvgIpc) is 2.65. The van der Waals surface area contributed by atoms with E-state index in [0.717, 1.165) is 52.2 Å². The lowest BCUT2D eigenvalue weighted by Crippen LogP contribution is -2.49. The largest absolute Gasteiger partial charge is 0.379 e. The standard InChI is InChI=1S/C19H26ClFN2O2/c1-14(22-9-11-25-12-10-22)15-5-7-23(8-6-15)19(24)13-16-17(20)3-2-4-18(16)21/h2-4,14-15H,5-13H2,1H3/t14-/m0/s1. The number of rotatable bonds is 4. The Balaban J connectivity index is 1.52. The second-order valence-corrected chi connectivity index (χ2v) is 7.39. The Kier molecular flexibility index (Phi) is 6.31. The van der Waals surface area contributed by atoms with Crippen LogP contribution in [0.25, 0.3) is 0 Å². The minimum atomic E-state index is -0.406. The molecule has 25 heavy (non-hydrogen) atoms. The maximum atomic E-state index is 13.9. The summed E-state index contributed by atoms with van der Waals surface area (Å²) in [4.78, 5) is 16.9. The molecule has 2 aliphatic heterocycles. The molecular weight excluding hydrogens is 343 g/mol. The molecule has 0 radical (unpaired) electrons. The number of nitrogens with zero attached hydrogens (tertiary/aromatic N) is 2. The molecule has 1 aromatic rings. The molecule has 2 aliphatic rings. The van der Waals surface area contributed by atoms with Crippen molar-refractivity contribution < 1.29 is 13.9 Å². The molecule has 0 spiro atoms. The van der Waals surface area contributed by atoms with E-state index in [4.69, 9.17) is 16.3 Å². The summed E-state index contributed by atoms with van der Waals surface area (Å²) in [5.41, 5.74) is 0.304. The molecule has 6 heteroatoms. The van der Waals surface area contributed by atoms with Crippen molar-refractivity contribution in [1.82, 2.24) is 9.80 Å². The van der Waals surface area contributed by atoms with Crippen molar-refractivity contribution in [3.63, 3.8) is 0 Å². The fraction of sp³-hybridized carbons (Fsp3) is 0.632. The van der Waals surface area contributed by atoms with Crippen LogP contribution in [0.5, 0.6) is 0 Å². The molecule has 1 amide bonds. The minimum Gasteiger partial charge on any atom is -0.379 e. The molecule has 0 N–H and O–H groups in total. The van der Waals surface area contributed by atoms with Gasteiger partial charge in [0.1, 0.15) is 5.82 Å². The van der Waals surface area contributed by atoms with Crippen molar-refractivity contribution >= 4 is 17.5 Å². The van der Waals surface area contributed by atoms with Crippen LogP contribution in [0.15, 0.2) is 18.2 Å². The van der Waals surface area contributed by atoms with E-state index in [2.05, 4.69) is 11.8 Å². The Morgan fingerprint density at radius 3 is 2.60 bits per heavy atom. The molecule has 0 saturated carbocycles.